The van der Waals surface area contributed by atoms with E-state index in [-0.39, 0.29) is 16.2 Å². The quantitative estimate of drug-likeness (QED) is 0.441. The van der Waals surface area contributed by atoms with Gasteiger partial charge in [-0.1, -0.05) is 24.3 Å². The Kier molecular flexibility index (Phi) is 5.90. The van der Waals surface area contributed by atoms with Crippen LogP contribution in [0.25, 0.3) is 22.4 Å². The van der Waals surface area contributed by atoms with Gasteiger partial charge in [0.1, 0.15) is 5.82 Å². The van der Waals surface area contributed by atoms with E-state index in [1.165, 1.54) is 48.8 Å². The van der Waals surface area contributed by atoms with Gasteiger partial charge in [-0.25, -0.2) is 21.5 Å². The summed E-state index contributed by atoms with van der Waals surface area (Å²) in [6.07, 6.45) is 3.82. The first-order valence-corrected chi connectivity index (χ1v) is 11.0. The molecule has 10 heteroatoms. The van der Waals surface area contributed by atoms with E-state index < -0.39 is 22.4 Å². The van der Waals surface area contributed by atoms with Gasteiger partial charge in [-0.2, -0.15) is 13.9 Å². The lowest BCUT2D eigenvalue weighted by Gasteiger charge is -2.12. The lowest BCUT2D eigenvalue weighted by Crippen LogP contribution is -2.14. The first-order valence-electron chi connectivity index (χ1n) is 9.60. The zero-order valence-electron chi connectivity index (χ0n) is 16.9. The normalized spacial score (nSPS) is 11.9. The van der Waals surface area contributed by atoms with Crippen LogP contribution in [0.5, 0.6) is 0 Å². The van der Waals surface area contributed by atoms with Crippen LogP contribution in [0.3, 0.4) is 0 Å². The molecule has 2 heterocycles. The molecule has 0 bridgehead atoms. The summed E-state index contributed by atoms with van der Waals surface area (Å²) in [5.74, 6) is -0.550. The minimum Gasteiger partial charge on any atom is -0.316 e. The molecule has 4 aromatic rings. The molecule has 0 atom stereocenters. The molecule has 0 saturated carbocycles. The zero-order valence-corrected chi connectivity index (χ0v) is 17.7. The third-order valence-electron chi connectivity index (χ3n) is 4.90. The van der Waals surface area contributed by atoms with Crippen LogP contribution in [0.1, 0.15) is 12.1 Å². The molecule has 0 aliphatic rings. The van der Waals surface area contributed by atoms with E-state index in [4.69, 9.17) is 0 Å². The molecule has 0 saturated heterocycles. The van der Waals surface area contributed by atoms with Gasteiger partial charge in [-0.05, 0) is 48.5 Å². The number of alkyl halides is 2. The standard InChI is InChI=1S/C22H19F3N4O2S/c1-26-11-15-9-21(19-7-2-3-8-20(19)23)29(13-15)32(30,31)18-6-4-5-16(10-18)17-12-27-28(14-17)22(24)25/h2-10,12-14,22,26H,11H2,1H3. The van der Waals surface area contributed by atoms with E-state index >= 15 is 0 Å². The van der Waals surface area contributed by atoms with Crippen molar-refractivity contribution < 1.29 is 21.6 Å². The van der Waals surface area contributed by atoms with E-state index in [1.54, 1.807) is 25.2 Å². The number of nitrogens with zero attached hydrogens (tertiary/aromatic N) is 3. The summed E-state index contributed by atoms with van der Waals surface area (Å²) in [6.45, 7) is -2.42. The van der Waals surface area contributed by atoms with Gasteiger partial charge in [0, 0.05) is 30.1 Å². The fourth-order valence-electron chi connectivity index (χ4n) is 3.41. The summed E-state index contributed by atoms with van der Waals surface area (Å²) in [4.78, 5) is -0.0657. The van der Waals surface area contributed by atoms with Gasteiger partial charge in [0.2, 0.25) is 0 Å². The molecular weight excluding hydrogens is 441 g/mol. The molecule has 0 radical (unpaired) electrons. The summed E-state index contributed by atoms with van der Waals surface area (Å²) in [7, 11) is -2.41. The number of rotatable bonds is 7. The molecule has 1 N–H and O–H groups in total. The molecular formula is C22H19F3N4O2S. The van der Waals surface area contributed by atoms with E-state index in [2.05, 4.69) is 10.4 Å². The first-order chi connectivity index (χ1) is 15.3. The zero-order chi connectivity index (χ0) is 22.9. The second kappa shape index (κ2) is 8.64. The predicted molar refractivity (Wildman–Crippen MR) is 114 cm³/mol. The number of hydrogen-bond donors (Lipinski definition) is 1. The molecule has 0 aliphatic carbocycles. The Bertz CT molecular complexity index is 1360. The highest BCUT2D eigenvalue weighted by Crippen LogP contribution is 2.30. The Labute approximate surface area is 183 Å². The fraction of sp³-hybridized carbons (Fsp3) is 0.136. The van der Waals surface area contributed by atoms with Crippen molar-refractivity contribution >= 4 is 10.0 Å². The van der Waals surface area contributed by atoms with Crippen molar-refractivity contribution in [2.45, 2.75) is 18.0 Å². The molecule has 4 rings (SSSR count). The number of hydrogen-bond acceptors (Lipinski definition) is 4. The van der Waals surface area contributed by atoms with Crippen molar-refractivity contribution in [1.82, 2.24) is 19.1 Å². The minimum atomic E-state index is -4.13. The van der Waals surface area contributed by atoms with Crippen LogP contribution in [0.4, 0.5) is 13.2 Å². The highest BCUT2D eigenvalue weighted by molar-refractivity contribution is 7.90. The first kappa shape index (κ1) is 21.8. The maximum Gasteiger partial charge on any atom is 0.333 e. The molecule has 0 aliphatic heterocycles. The highest BCUT2D eigenvalue weighted by Gasteiger charge is 2.24. The van der Waals surface area contributed by atoms with Crippen molar-refractivity contribution in [3.05, 3.63) is 84.6 Å². The summed E-state index contributed by atoms with van der Waals surface area (Å²) >= 11 is 0. The lowest BCUT2D eigenvalue weighted by molar-refractivity contribution is 0.0566. The summed E-state index contributed by atoms with van der Waals surface area (Å²) in [6, 6.07) is 13.4. The highest BCUT2D eigenvalue weighted by atomic mass is 32.2. The number of aromatic nitrogens is 3. The third kappa shape index (κ3) is 4.06. The van der Waals surface area contributed by atoms with E-state index in [9.17, 15) is 21.6 Å². The summed E-state index contributed by atoms with van der Waals surface area (Å²) < 4.78 is 68.8. The molecule has 2 aromatic carbocycles. The van der Waals surface area contributed by atoms with Crippen LogP contribution in [0.2, 0.25) is 0 Å². The summed E-state index contributed by atoms with van der Waals surface area (Å²) in [5, 5.41) is 6.54. The van der Waals surface area contributed by atoms with E-state index in [0.717, 1.165) is 10.2 Å². The Morgan fingerprint density at radius 3 is 2.50 bits per heavy atom. The van der Waals surface area contributed by atoms with Crippen molar-refractivity contribution in [1.29, 1.82) is 0 Å². The smallest absolute Gasteiger partial charge is 0.316 e. The van der Waals surface area contributed by atoms with Crippen LogP contribution >= 0.6 is 0 Å². The molecule has 166 valence electrons. The van der Waals surface area contributed by atoms with Gasteiger partial charge in [0.25, 0.3) is 10.0 Å². The fourth-order valence-corrected chi connectivity index (χ4v) is 4.84. The van der Waals surface area contributed by atoms with Crippen molar-refractivity contribution in [2.75, 3.05) is 7.05 Å². The molecule has 0 spiro atoms. The Hall–Kier alpha value is -3.37. The average molecular weight is 460 g/mol. The molecule has 0 amide bonds. The predicted octanol–water partition coefficient (Wildman–Crippen LogP) is 4.51. The lowest BCUT2D eigenvalue weighted by atomic mass is 10.1. The van der Waals surface area contributed by atoms with Crippen LogP contribution in [-0.2, 0) is 16.6 Å². The monoisotopic (exact) mass is 460 g/mol. The maximum atomic E-state index is 14.5. The van der Waals surface area contributed by atoms with Crippen molar-refractivity contribution in [3.63, 3.8) is 0 Å². The van der Waals surface area contributed by atoms with Crippen molar-refractivity contribution in [3.8, 4) is 22.4 Å². The molecule has 0 fully saturated rings. The Morgan fingerprint density at radius 2 is 1.81 bits per heavy atom. The molecule has 2 aromatic heterocycles. The second-order valence-electron chi connectivity index (χ2n) is 7.06. The van der Waals surface area contributed by atoms with Gasteiger partial charge in [0.15, 0.2) is 0 Å². The third-order valence-corrected chi connectivity index (χ3v) is 6.57. The van der Waals surface area contributed by atoms with E-state index in [0.29, 0.717) is 27.9 Å². The average Bonchev–Trinajstić information content (AvgIpc) is 3.43. The Balaban J connectivity index is 1.83. The van der Waals surface area contributed by atoms with Gasteiger partial charge in [-0.3, -0.25) is 0 Å². The van der Waals surface area contributed by atoms with Crippen LogP contribution in [-0.4, -0.2) is 29.2 Å². The Morgan fingerprint density at radius 1 is 1.03 bits per heavy atom. The SMILES string of the molecule is CNCc1cc(-c2ccccc2F)n(S(=O)(=O)c2cccc(-c3cnn(C(F)F)c3)c2)c1. The topological polar surface area (TPSA) is 68.9 Å². The number of benzene rings is 2. The van der Waals surface area contributed by atoms with Crippen molar-refractivity contribution in [2.24, 2.45) is 0 Å². The van der Waals surface area contributed by atoms with Crippen LogP contribution in [0, 0.1) is 5.82 Å². The second-order valence-corrected chi connectivity index (χ2v) is 8.87. The van der Waals surface area contributed by atoms with Crippen LogP contribution in [0.15, 0.2) is 78.1 Å². The number of nitrogens with one attached hydrogen (secondary N) is 1. The van der Waals surface area contributed by atoms with Gasteiger partial charge in [-0.15, -0.1) is 0 Å². The largest absolute Gasteiger partial charge is 0.333 e. The van der Waals surface area contributed by atoms with Gasteiger partial charge >= 0.3 is 6.55 Å². The molecule has 0 unspecified atom stereocenters. The van der Waals surface area contributed by atoms with E-state index in [1.807, 2.05) is 0 Å². The number of halogens is 3. The molecule has 6 nitrogen and oxygen atoms in total. The minimum absolute atomic E-state index is 0.0657. The molecule has 32 heavy (non-hydrogen) atoms. The van der Waals surface area contributed by atoms with Crippen LogP contribution < -0.4 is 5.32 Å². The summed E-state index contributed by atoms with van der Waals surface area (Å²) in [5.41, 5.74) is 1.74. The van der Waals surface area contributed by atoms with Gasteiger partial charge < -0.3 is 5.32 Å². The maximum absolute atomic E-state index is 14.5. The van der Waals surface area contributed by atoms with Gasteiger partial charge in [0.05, 0.1) is 16.8 Å².